The molecule has 2 aliphatic rings. The van der Waals surface area contributed by atoms with Crippen LogP contribution in [0.1, 0.15) is 11.1 Å². The van der Waals surface area contributed by atoms with E-state index >= 15 is 0 Å². The van der Waals surface area contributed by atoms with Crippen LogP contribution in [-0.2, 0) is 13.0 Å². The number of carbonyl (C=O) groups is 1. The van der Waals surface area contributed by atoms with Gasteiger partial charge in [0.1, 0.15) is 0 Å². The zero-order chi connectivity index (χ0) is 13.2. The van der Waals surface area contributed by atoms with E-state index in [4.69, 9.17) is 5.73 Å². The Balaban J connectivity index is 1.58. The fourth-order valence-corrected chi connectivity index (χ4v) is 2.87. The number of nitrogens with zero attached hydrogens (tertiary/aromatic N) is 2. The third-order valence-corrected chi connectivity index (χ3v) is 4.01. The van der Waals surface area contributed by atoms with Crippen LogP contribution in [-0.4, -0.2) is 48.6 Å². The Morgan fingerprint density at radius 1 is 1.26 bits per heavy atom. The summed E-state index contributed by atoms with van der Waals surface area (Å²) in [5, 5.41) is 2.83. The highest BCUT2D eigenvalue weighted by Crippen LogP contribution is 2.23. The van der Waals surface area contributed by atoms with E-state index in [-0.39, 0.29) is 6.03 Å². The Bertz CT molecular complexity index is 488. The second-order valence-electron chi connectivity index (χ2n) is 5.23. The first kappa shape index (κ1) is 12.3. The van der Waals surface area contributed by atoms with Crippen molar-refractivity contribution in [3.05, 3.63) is 29.3 Å². The fraction of sp³-hybridized carbons (Fsp3) is 0.500. The predicted octanol–water partition coefficient (Wildman–Crippen LogP) is 0.652. The first-order chi connectivity index (χ1) is 9.24. The van der Waals surface area contributed by atoms with Gasteiger partial charge in [-0.05, 0) is 23.6 Å². The summed E-state index contributed by atoms with van der Waals surface area (Å²) in [6.07, 6.45) is 1.01. The number of hydrogen-bond donors (Lipinski definition) is 2. The van der Waals surface area contributed by atoms with Gasteiger partial charge in [-0.25, -0.2) is 4.79 Å². The molecule has 2 amide bonds. The molecular weight excluding hydrogens is 240 g/mol. The number of fused-ring (bicyclic) bond motifs is 1. The molecule has 3 N–H and O–H groups in total. The third kappa shape index (κ3) is 2.51. The molecule has 0 saturated carbocycles. The van der Waals surface area contributed by atoms with Gasteiger partial charge in [0.15, 0.2) is 0 Å². The highest BCUT2D eigenvalue weighted by Gasteiger charge is 2.22. The minimum absolute atomic E-state index is 0.0710. The van der Waals surface area contributed by atoms with E-state index in [1.165, 1.54) is 11.1 Å². The lowest BCUT2D eigenvalue weighted by Crippen LogP contribution is -2.39. The number of anilines is 1. The van der Waals surface area contributed by atoms with E-state index in [0.717, 1.165) is 51.4 Å². The Labute approximate surface area is 113 Å². The monoisotopic (exact) mass is 260 g/mol. The average Bonchev–Trinajstić information content (AvgIpc) is 2.82. The number of nitrogen functional groups attached to an aromatic ring is 1. The molecule has 0 bridgehead atoms. The third-order valence-electron chi connectivity index (χ3n) is 4.01. The molecule has 1 fully saturated rings. The summed E-state index contributed by atoms with van der Waals surface area (Å²) >= 11 is 0. The summed E-state index contributed by atoms with van der Waals surface area (Å²) in [7, 11) is 0. The lowest BCUT2D eigenvalue weighted by molar-refractivity contribution is 0.195. The molecule has 0 atom stereocenters. The van der Waals surface area contributed by atoms with E-state index in [1.807, 2.05) is 17.0 Å². The van der Waals surface area contributed by atoms with Crippen LogP contribution >= 0.6 is 0 Å². The maximum atomic E-state index is 11.5. The Hall–Kier alpha value is -1.75. The molecule has 2 heterocycles. The second-order valence-corrected chi connectivity index (χ2v) is 5.23. The molecule has 1 aromatic carbocycles. The number of benzene rings is 1. The first-order valence-corrected chi connectivity index (χ1v) is 6.85. The molecule has 0 unspecified atom stereocenters. The maximum Gasteiger partial charge on any atom is 0.317 e. The van der Waals surface area contributed by atoms with Crippen LogP contribution in [0, 0.1) is 0 Å². The molecule has 2 aliphatic heterocycles. The lowest BCUT2D eigenvalue weighted by atomic mass is 9.98. The minimum Gasteiger partial charge on any atom is -0.398 e. The number of nitrogens with one attached hydrogen (secondary N) is 1. The van der Waals surface area contributed by atoms with Crippen LogP contribution in [0.2, 0.25) is 0 Å². The number of amides is 2. The van der Waals surface area contributed by atoms with Crippen molar-refractivity contribution in [2.24, 2.45) is 0 Å². The molecule has 0 spiro atoms. The van der Waals surface area contributed by atoms with Crippen LogP contribution in [0.15, 0.2) is 18.2 Å². The van der Waals surface area contributed by atoms with Crippen LogP contribution in [0.5, 0.6) is 0 Å². The van der Waals surface area contributed by atoms with Gasteiger partial charge < -0.3 is 16.0 Å². The van der Waals surface area contributed by atoms with Gasteiger partial charge >= 0.3 is 6.03 Å². The van der Waals surface area contributed by atoms with Crippen LogP contribution in [0.3, 0.4) is 0 Å². The second kappa shape index (κ2) is 5.09. The lowest BCUT2D eigenvalue weighted by Gasteiger charge is -2.30. The quantitative estimate of drug-likeness (QED) is 0.785. The normalized spacial score (nSPS) is 19.4. The van der Waals surface area contributed by atoms with E-state index < -0.39 is 0 Å². The molecule has 3 rings (SSSR count). The topological polar surface area (TPSA) is 61.6 Å². The Morgan fingerprint density at radius 3 is 2.95 bits per heavy atom. The first-order valence-electron chi connectivity index (χ1n) is 6.85. The predicted molar refractivity (Wildman–Crippen MR) is 74.8 cm³/mol. The molecule has 0 aliphatic carbocycles. The number of nitrogens with two attached hydrogens (primary N) is 1. The zero-order valence-corrected chi connectivity index (χ0v) is 11.1. The molecule has 102 valence electrons. The van der Waals surface area contributed by atoms with Crippen molar-refractivity contribution < 1.29 is 4.79 Å². The molecular formula is C14H20N4O. The van der Waals surface area contributed by atoms with E-state index in [1.54, 1.807) is 0 Å². The van der Waals surface area contributed by atoms with Gasteiger partial charge in [-0.2, -0.15) is 0 Å². The van der Waals surface area contributed by atoms with Crippen molar-refractivity contribution in [3.63, 3.8) is 0 Å². The summed E-state index contributed by atoms with van der Waals surface area (Å²) in [5.41, 5.74) is 9.55. The van der Waals surface area contributed by atoms with Gasteiger partial charge in [0, 0.05) is 45.0 Å². The van der Waals surface area contributed by atoms with Crippen molar-refractivity contribution in [2.75, 3.05) is 38.5 Å². The van der Waals surface area contributed by atoms with Crippen LogP contribution < -0.4 is 11.1 Å². The van der Waals surface area contributed by atoms with Gasteiger partial charge in [0.25, 0.3) is 0 Å². The van der Waals surface area contributed by atoms with Gasteiger partial charge in [0.2, 0.25) is 0 Å². The molecule has 0 aromatic heterocycles. The molecule has 5 heteroatoms. The van der Waals surface area contributed by atoms with Gasteiger partial charge in [-0.3, -0.25) is 4.90 Å². The van der Waals surface area contributed by atoms with E-state index in [9.17, 15) is 4.79 Å². The maximum absolute atomic E-state index is 11.5. The summed E-state index contributed by atoms with van der Waals surface area (Å²) in [4.78, 5) is 15.7. The van der Waals surface area contributed by atoms with Gasteiger partial charge in [-0.1, -0.05) is 12.1 Å². The molecule has 1 aromatic rings. The standard InChI is InChI=1S/C14H20N4O/c15-13-3-1-2-11-10-17(6-4-12(11)13)8-9-18-7-5-16-14(18)19/h1-3H,4-10,15H2,(H,16,19). The number of rotatable bonds is 3. The number of hydrogen-bond acceptors (Lipinski definition) is 3. The van der Waals surface area contributed by atoms with E-state index in [2.05, 4.69) is 16.3 Å². The van der Waals surface area contributed by atoms with Gasteiger partial charge in [0.05, 0.1) is 0 Å². The number of carbonyl (C=O) groups excluding carboxylic acids is 1. The summed E-state index contributed by atoms with van der Waals surface area (Å²) in [6, 6.07) is 6.22. The van der Waals surface area contributed by atoms with Crippen LogP contribution in [0.25, 0.3) is 0 Å². The highest BCUT2D eigenvalue weighted by atomic mass is 16.2. The SMILES string of the molecule is Nc1cccc2c1CCN(CCN1CCNC1=O)C2. The van der Waals surface area contributed by atoms with Gasteiger partial charge in [-0.15, -0.1) is 0 Å². The zero-order valence-electron chi connectivity index (χ0n) is 11.1. The molecule has 1 saturated heterocycles. The van der Waals surface area contributed by atoms with Crippen LogP contribution in [0.4, 0.5) is 10.5 Å². The highest BCUT2D eigenvalue weighted by molar-refractivity contribution is 5.76. The minimum atomic E-state index is 0.0710. The Kier molecular flexibility index (Phi) is 3.29. The van der Waals surface area contributed by atoms with Crippen molar-refractivity contribution in [1.82, 2.24) is 15.1 Å². The average molecular weight is 260 g/mol. The van der Waals surface area contributed by atoms with Crippen molar-refractivity contribution in [2.45, 2.75) is 13.0 Å². The largest absolute Gasteiger partial charge is 0.398 e. The number of urea groups is 1. The summed E-state index contributed by atoms with van der Waals surface area (Å²) in [6.45, 7) is 5.31. The molecule has 19 heavy (non-hydrogen) atoms. The van der Waals surface area contributed by atoms with Crippen molar-refractivity contribution in [1.29, 1.82) is 0 Å². The molecule has 5 nitrogen and oxygen atoms in total. The Morgan fingerprint density at radius 2 is 2.16 bits per heavy atom. The summed E-state index contributed by atoms with van der Waals surface area (Å²) in [5.74, 6) is 0. The van der Waals surface area contributed by atoms with E-state index in [0.29, 0.717) is 0 Å². The van der Waals surface area contributed by atoms with Crippen molar-refractivity contribution in [3.8, 4) is 0 Å². The summed E-state index contributed by atoms with van der Waals surface area (Å²) < 4.78 is 0. The van der Waals surface area contributed by atoms with Crippen molar-refractivity contribution >= 4 is 11.7 Å². The smallest absolute Gasteiger partial charge is 0.317 e. The fourth-order valence-electron chi connectivity index (χ4n) is 2.87. The molecule has 0 radical (unpaired) electrons.